The first kappa shape index (κ1) is 20.7. The first-order valence-electron chi connectivity index (χ1n) is 10.0. The molecule has 4 rings (SSSR count). The van der Waals surface area contributed by atoms with Crippen molar-refractivity contribution < 1.29 is 9.53 Å². The summed E-state index contributed by atoms with van der Waals surface area (Å²) in [6.07, 6.45) is 2.12. The van der Waals surface area contributed by atoms with Gasteiger partial charge in [0.05, 0.1) is 23.5 Å². The van der Waals surface area contributed by atoms with Crippen LogP contribution < -0.4 is 9.64 Å². The van der Waals surface area contributed by atoms with Crippen LogP contribution in [0.1, 0.15) is 19.8 Å². The van der Waals surface area contributed by atoms with Gasteiger partial charge in [0.15, 0.2) is 5.13 Å². The number of thiazole rings is 1. The quantitative estimate of drug-likeness (QED) is 0.498. The van der Waals surface area contributed by atoms with Crippen LogP contribution in [0.5, 0.6) is 5.75 Å². The molecule has 7 heteroatoms. The van der Waals surface area contributed by atoms with Gasteiger partial charge in [-0.25, -0.2) is 4.98 Å². The maximum Gasteiger partial charge on any atom is 0.245 e. The van der Waals surface area contributed by atoms with Gasteiger partial charge in [0.1, 0.15) is 11.8 Å². The molecule has 1 aliphatic rings. The van der Waals surface area contributed by atoms with E-state index in [1.807, 2.05) is 70.6 Å². The van der Waals surface area contributed by atoms with Crippen molar-refractivity contribution in [3.05, 3.63) is 58.9 Å². The summed E-state index contributed by atoms with van der Waals surface area (Å²) in [4.78, 5) is 22.0. The van der Waals surface area contributed by atoms with E-state index in [9.17, 15) is 4.79 Å². The summed E-state index contributed by atoms with van der Waals surface area (Å²) >= 11 is 8.04. The molecule has 0 saturated carbocycles. The molecule has 2 aromatic carbocycles. The zero-order valence-corrected chi connectivity index (χ0v) is 18.6. The Balaban J connectivity index is 1.70. The SMILES string of the molecule is COc1ccc(-c2csc(N(c3ccccc3Cl)[C@H](C)C(=O)N3CCCC3)n2)cc1. The smallest absolute Gasteiger partial charge is 0.245 e. The van der Waals surface area contributed by atoms with Crippen LogP contribution in [0.4, 0.5) is 10.8 Å². The van der Waals surface area contributed by atoms with Gasteiger partial charge in [-0.05, 0) is 56.2 Å². The van der Waals surface area contributed by atoms with Gasteiger partial charge in [0.25, 0.3) is 0 Å². The molecule has 0 bridgehead atoms. The van der Waals surface area contributed by atoms with E-state index >= 15 is 0 Å². The van der Waals surface area contributed by atoms with Gasteiger partial charge >= 0.3 is 0 Å². The topological polar surface area (TPSA) is 45.7 Å². The van der Waals surface area contributed by atoms with Crippen LogP contribution >= 0.6 is 22.9 Å². The minimum absolute atomic E-state index is 0.105. The van der Waals surface area contributed by atoms with Gasteiger partial charge in [-0.2, -0.15) is 0 Å². The predicted molar refractivity (Wildman–Crippen MR) is 123 cm³/mol. The van der Waals surface area contributed by atoms with Crippen LogP contribution in [0.25, 0.3) is 11.3 Å². The summed E-state index contributed by atoms with van der Waals surface area (Å²) in [5.74, 6) is 0.908. The molecule has 2 heterocycles. The molecule has 1 atom stereocenters. The summed E-state index contributed by atoms with van der Waals surface area (Å²) in [5.41, 5.74) is 2.64. The zero-order chi connectivity index (χ0) is 21.1. The summed E-state index contributed by atoms with van der Waals surface area (Å²) < 4.78 is 5.24. The summed E-state index contributed by atoms with van der Waals surface area (Å²) in [7, 11) is 1.65. The lowest BCUT2D eigenvalue weighted by Gasteiger charge is -2.31. The standard InChI is InChI=1S/C23H24ClN3O2S/c1-16(22(28)26-13-5-6-14-26)27(21-8-4-3-7-19(21)24)23-25-20(15-30-23)17-9-11-18(29-2)12-10-17/h3-4,7-12,15-16H,5-6,13-14H2,1-2H3/t16-/m1/s1. The summed E-state index contributed by atoms with van der Waals surface area (Å²) in [5, 5.41) is 3.35. The normalized spacial score (nSPS) is 14.6. The molecule has 5 nitrogen and oxygen atoms in total. The van der Waals surface area contributed by atoms with E-state index in [1.165, 1.54) is 11.3 Å². The zero-order valence-electron chi connectivity index (χ0n) is 17.0. The highest BCUT2D eigenvalue weighted by Crippen LogP contribution is 2.38. The van der Waals surface area contributed by atoms with Crippen molar-refractivity contribution in [1.29, 1.82) is 0 Å². The number of rotatable bonds is 6. The Labute approximate surface area is 185 Å². The number of halogens is 1. The van der Waals surface area contributed by atoms with E-state index in [0.717, 1.165) is 53.8 Å². The van der Waals surface area contributed by atoms with Crippen molar-refractivity contribution in [3.8, 4) is 17.0 Å². The number of likely N-dealkylation sites (tertiary alicyclic amines) is 1. The minimum atomic E-state index is -0.405. The Hall–Kier alpha value is -2.57. The molecular formula is C23H24ClN3O2S. The molecule has 0 radical (unpaired) electrons. The van der Waals surface area contributed by atoms with E-state index in [4.69, 9.17) is 21.3 Å². The number of benzene rings is 2. The Kier molecular flexibility index (Phi) is 6.25. The maximum absolute atomic E-state index is 13.2. The summed E-state index contributed by atoms with van der Waals surface area (Å²) in [6.45, 7) is 3.56. The number of carbonyl (C=O) groups excluding carboxylic acids is 1. The lowest BCUT2D eigenvalue weighted by atomic mass is 10.2. The number of amides is 1. The third-order valence-corrected chi connectivity index (χ3v) is 6.52. The fraction of sp³-hybridized carbons (Fsp3) is 0.304. The number of aromatic nitrogens is 1. The molecule has 0 spiro atoms. The number of hydrogen-bond acceptors (Lipinski definition) is 5. The highest BCUT2D eigenvalue weighted by atomic mass is 35.5. The lowest BCUT2D eigenvalue weighted by Crippen LogP contribution is -2.44. The summed E-state index contributed by atoms with van der Waals surface area (Å²) in [6, 6.07) is 15.0. The number of hydrogen-bond donors (Lipinski definition) is 0. The van der Waals surface area contributed by atoms with E-state index in [1.54, 1.807) is 7.11 Å². The molecule has 30 heavy (non-hydrogen) atoms. The average Bonchev–Trinajstić information content (AvgIpc) is 3.47. The van der Waals surface area contributed by atoms with Crippen molar-refractivity contribution >= 4 is 39.7 Å². The Morgan fingerprint density at radius 2 is 1.87 bits per heavy atom. The Morgan fingerprint density at radius 3 is 2.53 bits per heavy atom. The molecule has 1 saturated heterocycles. The molecule has 1 amide bonds. The third kappa shape index (κ3) is 4.16. The van der Waals surface area contributed by atoms with Crippen LogP contribution in [0.3, 0.4) is 0 Å². The number of methoxy groups -OCH3 is 1. The van der Waals surface area contributed by atoms with E-state index in [2.05, 4.69) is 0 Å². The molecule has 0 unspecified atom stereocenters. The van der Waals surface area contributed by atoms with Gasteiger partial charge in [-0.3, -0.25) is 4.79 Å². The van der Waals surface area contributed by atoms with Crippen LogP contribution in [-0.2, 0) is 4.79 Å². The third-order valence-electron chi connectivity index (χ3n) is 5.36. The maximum atomic E-state index is 13.2. The number of nitrogens with zero attached hydrogens (tertiary/aromatic N) is 3. The van der Waals surface area contributed by atoms with Gasteiger partial charge in [-0.1, -0.05) is 23.7 Å². The molecule has 0 N–H and O–H groups in total. The van der Waals surface area contributed by atoms with E-state index < -0.39 is 6.04 Å². The van der Waals surface area contributed by atoms with Gasteiger partial charge < -0.3 is 14.5 Å². The molecule has 1 aliphatic heterocycles. The van der Waals surface area contributed by atoms with Gasteiger partial charge in [0, 0.05) is 24.0 Å². The molecule has 0 aliphatic carbocycles. The first-order valence-corrected chi connectivity index (χ1v) is 11.3. The molecular weight excluding hydrogens is 418 g/mol. The second-order valence-electron chi connectivity index (χ2n) is 7.27. The number of anilines is 2. The fourth-order valence-corrected chi connectivity index (χ4v) is 4.86. The van der Waals surface area contributed by atoms with Crippen LogP contribution in [-0.4, -0.2) is 42.0 Å². The van der Waals surface area contributed by atoms with Crippen molar-refractivity contribution in [1.82, 2.24) is 9.88 Å². The van der Waals surface area contributed by atoms with Crippen molar-refractivity contribution in [2.24, 2.45) is 0 Å². The molecule has 3 aromatic rings. The highest BCUT2D eigenvalue weighted by Gasteiger charge is 2.31. The number of para-hydroxylation sites is 1. The fourth-order valence-electron chi connectivity index (χ4n) is 3.71. The van der Waals surface area contributed by atoms with Crippen molar-refractivity contribution in [2.75, 3.05) is 25.1 Å². The highest BCUT2D eigenvalue weighted by molar-refractivity contribution is 7.14. The average molecular weight is 442 g/mol. The molecule has 156 valence electrons. The number of ether oxygens (including phenoxy) is 1. The Bertz CT molecular complexity index is 1020. The van der Waals surface area contributed by atoms with Gasteiger partial charge in [-0.15, -0.1) is 11.3 Å². The van der Waals surface area contributed by atoms with Crippen molar-refractivity contribution in [3.63, 3.8) is 0 Å². The van der Waals surface area contributed by atoms with E-state index in [0.29, 0.717) is 5.02 Å². The van der Waals surface area contributed by atoms with Crippen molar-refractivity contribution in [2.45, 2.75) is 25.8 Å². The van der Waals surface area contributed by atoms with Crippen LogP contribution in [0, 0.1) is 0 Å². The second-order valence-corrected chi connectivity index (χ2v) is 8.52. The van der Waals surface area contributed by atoms with Gasteiger partial charge in [0.2, 0.25) is 5.91 Å². The monoisotopic (exact) mass is 441 g/mol. The van der Waals surface area contributed by atoms with E-state index in [-0.39, 0.29) is 5.91 Å². The van der Waals surface area contributed by atoms with Crippen LogP contribution in [0.2, 0.25) is 5.02 Å². The second kappa shape index (κ2) is 9.06. The lowest BCUT2D eigenvalue weighted by molar-refractivity contribution is -0.131. The predicted octanol–water partition coefficient (Wildman–Crippen LogP) is 5.62. The molecule has 1 aromatic heterocycles. The first-order chi connectivity index (χ1) is 14.6. The minimum Gasteiger partial charge on any atom is -0.497 e. The Morgan fingerprint density at radius 1 is 1.17 bits per heavy atom. The molecule has 1 fully saturated rings. The number of carbonyl (C=O) groups is 1. The van der Waals surface area contributed by atoms with Crippen LogP contribution in [0.15, 0.2) is 53.9 Å². The largest absolute Gasteiger partial charge is 0.497 e.